The van der Waals surface area contributed by atoms with E-state index in [0.717, 1.165) is 36.3 Å². The molecule has 2 aliphatic carbocycles. The van der Waals surface area contributed by atoms with Crippen molar-refractivity contribution in [2.45, 2.75) is 70.1 Å². The molecule has 5 rings (SSSR count). The Morgan fingerprint density at radius 2 is 1.97 bits per heavy atom. The number of carbonyl (C=O) groups excluding carboxylic acids is 1. The molecule has 1 heterocycles. The van der Waals surface area contributed by atoms with Gasteiger partial charge >= 0.3 is 6.09 Å². The van der Waals surface area contributed by atoms with E-state index in [9.17, 15) is 4.79 Å². The third-order valence-corrected chi connectivity index (χ3v) is 7.19. The second-order valence-electron chi connectivity index (χ2n) is 9.05. The molecule has 3 aliphatic rings. The van der Waals surface area contributed by atoms with Gasteiger partial charge in [0.05, 0.1) is 18.2 Å². The molecular formula is C26H31N3O3. The molecule has 2 fully saturated rings. The highest BCUT2D eigenvalue weighted by atomic mass is 16.6. The standard InChI is InChI=1S/C26H31N3O3/c1-4-16(3)32-25(30)28-18-11-9-17(10-12-18)26-23(24(26)27)21-14-13-20(31-5-2)15-22(21)29(26)19-7-6-8-19/h9-16,19,23,27H,4-8H2,1-3H3,(H,28,30). The smallest absolute Gasteiger partial charge is 0.411 e. The largest absolute Gasteiger partial charge is 0.494 e. The van der Waals surface area contributed by atoms with E-state index in [0.29, 0.717) is 18.3 Å². The van der Waals surface area contributed by atoms with E-state index in [2.05, 4.69) is 34.5 Å². The summed E-state index contributed by atoms with van der Waals surface area (Å²) in [5.74, 6) is 0.973. The lowest BCUT2D eigenvalue weighted by atomic mass is 9.88. The minimum atomic E-state index is -0.435. The molecule has 0 saturated heterocycles. The van der Waals surface area contributed by atoms with Gasteiger partial charge in [0.15, 0.2) is 0 Å². The zero-order chi connectivity index (χ0) is 22.5. The minimum Gasteiger partial charge on any atom is -0.494 e. The van der Waals surface area contributed by atoms with Crippen LogP contribution in [-0.2, 0) is 10.3 Å². The van der Waals surface area contributed by atoms with Gasteiger partial charge in [0.25, 0.3) is 0 Å². The molecule has 2 N–H and O–H groups in total. The maximum absolute atomic E-state index is 12.1. The Bertz CT molecular complexity index is 1050. The van der Waals surface area contributed by atoms with Crippen LogP contribution in [0.4, 0.5) is 16.2 Å². The molecule has 3 atom stereocenters. The van der Waals surface area contributed by atoms with Crippen LogP contribution < -0.4 is 15.0 Å². The van der Waals surface area contributed by atoms with Gasteiger partial charge in [-0.05, 0) is 68.9 Å². The molecule has 0 spiro atoms. The minimum absolute atomic E-state index is 0.0861. The van der Waals surface area contributed by atoms with Gasteiger partial charge in [-0.15, -0.1) is 0 Å². The lowest BCUT2D eigenvalue weighted by Gasteiger charge is -2.43. The van der Waals surface area contributed by atoms with E-state index in [1.54, 1.807) is 0 Å². The van der Waals surface area contributed by atoms with E-state index in [4.69, 9.17) is 14.9 Å². The fourth-order valence-electron chi connectivity index (χ4n) is 5.20. The van der Waals surface area contributed by atoms with Crippen LogP contribution in [0.3, 0.4) is 0 Å². The van der Waals surface area contributed by atoms with Gasteiger partial charge in [0.1, 0.15) is 17.4 Å². The zero-order valence-corrected chi connectivity index (χ0v) is 19.0. The molecule has 1 aliphatic heterocycles. The molecule has 0 radical (unpaired) electrons. The quantitative estimate of drug-likeness (QED) is 0.577. The van der Waals surface area contributed by atoms with Gasteiger partial charge in [-0.3, -0.25) is 5.32 Å². The molecule has 32 heavy (non-hydrogen) atoms. The molecule has 1 amide bonds. The van der Waals surface area contributed by atoms with Crippen molar-refractivity contribution in [3.05, 3.63) is 53.6 Å². The van der Waals surface area contributed by atoms with Gasteiger partial charge in [-0.25, -0.2) is 4.79 Å². The van der Waals surface area contributed by atoms with E-state index in [1.165, 1.54) is 17.7 Å². The van der Waals surface area contributed by atoms with Crippen LogP contribution in [0.1, 0.15) is 63.5 Å². The number of nitrogens with one attached hydrogen (secondary N) is 2. The van der Waals surface area contributed by atoms with E-state index >= 15 is 0 Å². The van der Waals surface area contributed by atoms with Crippen molar-refractivity contribution >= 4 is 23.2 Å². The summed E-state index contributed by atoms with van der Waals surface area (Å²) in [7, 11) is 0. The number of ether oxygens (including phenoxy) is 2. The number of amides is 1. The van der Waals surface area contributed by atoms with E-state index in [1.807, 2.05) is 39.0 Å². The van der Waals surface area contributed by atoms with Gasteiger partial charge in [0, 0.05) is 23.5 Å². The Labute approximate surface area is 189 Å². The third kappa shape index (κ3) is 3.07. The second kappa shape index (κ2) is 7.84. The van der Waals surface area contributed by atoms with E-state index in [-0.39, 0.29) is 12.0 Å². The van der Waals surface area contributed by atoms with Crippen LogP contribution in [-0.4, -0.2) is 30.6 Å². The lowest BCUT2D eigenvalue weighted by molar-refractivity contribution is 0.118. The maximum Gasteiger partial charge on any atom is 0.411 e. The number of carbonyl (C=O) groups is 1. The molecule has 168 valence electrons. The molecule has 3 unspecified atom stereocenters. The number of nitrogens with zero attached hydrogens (tertiary/aromatic N) is 1. The first-order valence-electron chi connectivity index (χ1n) is 11.7. The Morgan fingerprint density at radius 3 is 2.59 bits per heavy atom. The van der Waals surface area contributed by atoms with Crippen molar-refractivity contribution < 1.29 is 14.3 Å². The van der Waals surface area contributed by atoms with Gasteiger partial charge in [-0.1, -0.05) is 25.1 Å². The Kier molecular flexibility index (Phi) is 5.11. The van der Waals surface area contributed by atoms with Crippen LogP contribution in [0.5, 0.6) is 5.75 Å². The Balaban J connectivity index is 1.45. The highest BCUT2D eigenvalue weighted by Gasteiger charge is 2.72. The predicted molar refractivity (Wildman–Crippen MR) is 126 cm³/mol. The average molecular weight is 434 g/mol. The molecule has 2 aromatic rings. The number of anilines is 2. The molecule has 6 heteroatoms. The summed E-state index contributed by atoms with van der Waals surface area (Å²) in [6, 6.07) is 14.7. The topological polar surface area (TPSA) is 74.7 Å². The second-order valence-corrected chi connectivity index (χ2v) is 9.05. The molecule has 2 aromatic carbocycles. The summed E-state index contributed by atoms with van der Waals surface area (Å²) < 4.78 is 11.1. The van der Waals surface area contributed by atoms with Crippen LogP contribution in [0, 0.1) is 5.41 Å². The maximum atomic E-state index is 12.1. The summed E-state index contributed by atoms with van der Waals surface area (Å²) >= 11 is 0. The van der Waals surface area contributed by atoms with Crippen molar-refractivity contribution in [2.24, 2.45) is 0 Å². The predicted octanol–water partition coefficient (Wildman–Crippen LogP) is 5.82. The summed E-state index contributed by atoms with van der Waals surface area (Å²) in [5, 5.41) is 11.7. The summed E-state index contributed by atoms with van der Waals surface area (Å²) in [6.45, 7) is 6.50. The Morgan fingerprint density at radius 1 is 1.22 bits per heavy atom. The summed E-state index contributed by atoms with van der Waals surface area (Å²) in [4.78, 5) is 14.6. The highest BCUT2D eigenvalue weighted by molar-refractivity contribution is 6.21. The first kappa shape index (κ1) is 20.9. The van der Waals surface area contributed by atoms with E-state index < -0.39 is 11.6 Å². The van der Waals surface area contributed by atoms with Crippen molar-refractivity contribution in [2.75, 3.05) is 16.8 Å². The lowest BCUT2D eigenvalue weighted by Crippen LogP contribution is -2.47. The molecular weight excluding hydrogens is 402 g/mol. The van der Waals surface area contributed by atoms with Crippen molar-refractivity contribution in [3.63, 3.8) is 0 Å². The third-order valence-electron chi connectivity index (χ3n) is 7.19. The highest BCUT2D eigenvalue weighted by Crippen LogP contribution is 2.68. The molecule has 6 nitrogen and oxygen atoms in total. The fraction of sp³-hybridized carbons (Fsp3) is 0.462. The van der Waals surface area contributed by atoms with Crippen LogP contribution in [0.15, 0.2) is 42.5 Å². The van der Waals surface area contributed by atoms with Crippen molar-refractivity contribution in [1.82, 2.24) is 0 Å². The summed E-state index contributed by atoms with van der Waals surface area (Å²) in [5.41, 5.74) is 4.60. The Hall–Kier alpha value is -3.02. The molecule has 0 bridgehead atoms. The number of rotatable bonds is 7. The number of benzene rings is 2. The van der Waals surface area contributed by atoms with Crippen LogP contribution >= 0.6 is 0 Å². The van der Waals surface area contributed by atoms with Crippen LogP contribution in [0.2, 0.25) is 0 Å². The molecule has 0 aromatic heterocycles. The summed E-state index contributed by atoms with van der Waals surface area (Å²) in [6.07, 6.45) is 3.77. The fourth-order valence-corrected chi connectivity index (χ4v) is 5.20. The monoisotopic (exact) mass is 433 g/mol. The SMILES string of the molecule is CCOc1ccc2c(c1)N(C1CCC1)C1(c3ccc(NC(=O)OC(C)CC)cc3)C(=N)C21. The normalized spacial score (nSPS) is 24.3. The van der Waals surface area contributed by atoms with Gasteiger partial charge < -0.3 is 19.8 Å². The van der Waals surface area contributed by atoms with Crippen molar-refractivity contribution in [1.29, 1.82) is 5.41 Å². The number of hydrogen-bond acceptors (Lipinski definition) is 5. The first-order chi connectivity index (χ1) is 15.5. The van der Waals surface area contributed by atoms with Gasteiger partial charge in [-0.2, -0.15) is 0 Å². The molecule has 2 saturated carbocycles. The van der Waals surface area contributed by atoms with Gasteiger partial charge in [0.2, 0.25) is 0 Å². The average Bonchev–Trinajstić information content (AvgIpc) is 3.24. The zero-order valence-electron chi connectivity index (χ0n) is 19.0. The number of fused-ring (bicyclic) bond motifs is 3. The van der Waals surface area contributed by atoms with Crippen LogP contribution in [0.25, 0.3) is 0 Å². The van der Waals surface area contributed by atoms with Crippen molar-refractivity contribution in [3.8, 4) is 5.75 Å². The first-order valence-corrected chi connectivity index (χ1v) is 11.7. The number of hydrogen-bond donors (Lipinski definition) is 2.